The van der Waals surface area contributed by atoms with Crippen molar-refractivity contribution in [2.45, 2.75) is 45.7 Å². The zero-order valence-corrected chi connectivity index (χ0v) is 10.0. The summed E-state index contributed by atoms with van der Waals surface area (Å²) in [7, 11) is 1.76. The number of hydrogen-bond acceptors (Lipinski definition) is 3. The lowest BCUT2D eigenvalue weighted by atomic mass is 10.0. The fraction of sp³-hybridized carbons (Fsp3) is 0.818. The fourth-order valence-electron chi connectivity index (χ4n) is 1.34. The van der Waals surface area contributed by atoms with Gasteiger partial charge in [-0.1, -0.05) is 20.8 Å². The van der Waals surface area contributed by atoms with E-state index >= 15 is 0 Å². The summed E-state index contributed by atoms with van der Waals surface area (Å²) in [6.45, 7) is 6.00. The zero-order valence-electron chi connectivity index (χ0n) is 10.0. The third kappa shape index (κ3) is 5.52. The minimum atomic E-state index is -0.361. The monoisotopic (exact) mass is 214 g/mol. The van der Waals surface area contributed by atoms with Gasteiger partial charge >= 0.3 is 0 Å². The molecule has 0 spiro atoms. The molecule has 0 rings (SSSR count). The molecule has 4 nitrogen and oxygen atoms in total. The van der Waals surface area contributed by atoms with Gasteiger partial charge in [-0.2, -0.15) is 0 Å². The standard InChI is InChI=1S/C11H22N2O2/c1-5-9(7-14)13-11(15)10(12-4)6-8(2)3/h7-10,12H,5-6H2,1-4H3,(H,13,15). The van der Waals surface area contributed by atoms with Crippen LogP contribution in [-0.4, -0.2) is 31.3 Å². The molecule has 0 aliphatic heterocycles. The predicted octanol–water partition coefficient (Wildman–Crippen LogP) is 0.714. The lowest BCUT2D eigenvalue weighted by molar-refractivity contribution is -0.126. The summed E-state index contributed by atoms with van der Waals surface area (Å²) in [6, 6.07) is -0.570. The Labute approximate surface area is 91.8 Å². The zero-order chi connectivity index (χ0) is 11.8. The third-order valence-electron chi connectivity index (χ3n) is 2.30. The Hall–Kier alpha value is -0.900. The summed E-state index contributed by atoms with van der Waals surface area (Å²) in [5.41, 5.74) is 0. The van der Waals surface area contributed by atoms with E-state index in [-0.39, 0.29) is 18.0 Å². The lowest BCUT2D eigenvalue weighted by Gasteiger charge is -2.19. The van der Waals surface area contributed by atoms with Crippen molar-refractivity contribution in [3.8, 4) is 0 Å². The second-order valence-electron chi connectivity index (χ2n) is 4.13. The molecule has 0 heterocycles. The van der Waals surface area contributed by atoms with Gasteiger partial charge in [-0.05, 0) is 25.8 Å². The summed E-state index contributed by atoms with van der Waals surface area (Å²) in [5, 5.41) is 5.66. The van der Waals surface area contributed by atoms with Gasteiger partial charge in [-0.3, -0.25) is 4.79 Å². The largest absolute Gasteiger partial charge is 0.345 e. The summed E-state index contributed by atoms with van der Waals surface area (Å²) >= 11 is 0. The van der Waals surface area contributed by atoms with Gasteiger partial charge in [-0.15, -0.1) is 0 Å². The highest BCUT2D eigenvalue weighted by atomic mass is 16.2. The highest BCUT2D eigenvalue weighted by Gasteiger charge is 2.19. The number of carbonyl (C=O) groups is 2. The van der Waals surface area contributed by atoms with Crippen LogP contribution in [-0.2, 0) is 9.59 Å². The van der Waals surface area contributed by atoms with E-state index in [1.54, 1.807) is 7.05 Å². The second kappa shape index (κ2) is 7.40. The molecule has 0 fully saturated rings. The van der Waals surface area contributed by atoms with Crippen LogP contribution in [0, 0.1) is 5.92 Å². The van der Waals surface area contributed by atoms with Gasteiger partial charge in [0.25, 0.3) is 0 Å². The quantitative estimate of drug-likeness (QED) is 0.614. The van der Waals surface area contributed by atoms with Crippen LogP contribution in [0.25, 0.3) is 0 Å². The lowest BCUT2D eigenvalue weighted by Crippen LogP contribution is -2.47. The highest BCUT2D eigenvalue weighted by molar-refractivity contribution is 5.84. The van der Waals surface area contributed by atoms with Crippen LogP contribution >= 0.6 is 0 Å². The van der Waals surface area contributed by atoms with E-state index in [0.717, 1.165) is 12.7 Å². The first-order chi connectivity index (χ1) is 7.04. The molecule has 1 amide bonds. The first kappa shape index (κ1) is 14.1. The summed E-state index contributed by atoms with van der Waals surface area (Å²) in [4.78, 5) is 22.3. The van der Waals surface area contributed by atoms with Crippen molar-refractivity contribution in [2.75, 3.05) is 7.05 Å². The van der Waals surface area contributed by atoms with Crippen molar-refractivity contribution in [1.29, 1.82) is 0 Å². The van der Waals surface area contributed by atoms with Gasteiger partial charge in [0.1, 0.15) is 6.29 Å². The van der Waals surface area contributed by atoms with Crippen LogP contribution in [0.3, 0.4) is 0 Å². The number of amides is 1. The maximum Gasteiger partial charge on any atom is 0.237 e. The normalized spacial score (nSPS) is 14.7. The van der Waals surface area contributed by atoms with E-state index in [4.69, 9.17) is 0 Å². The van der Waals surface area contributed by atoms with E-state index < -0.39 is 0 Å². The minimum absolute atomic E-state index is 0.0925. The minimum Gasteiger partial charge on any atom is -0.345 e. The second-order valence-corrected chi connectivity index (χ2v) is 4.13. The van der Waals surface area contributed by atoms with Crippen molar-refractivity contribution in [3.05, 3.63) is 0 Å². The van der Waals surface area contributed by atoms with E-state index in [1.165, 1.54) is 0 Å². The van der Waals surface area contributed by atoms with E-state index in [1.807, 2.05) is 6.92 Å². The SMILES string of the molecule is CCC(C=O)NC(=O)C(CC(C)C)NC. The van der Waals surface area contributed by atoms with Crippen LogP contribution in [0.15, 0.2) is 0 Å². The predicted molar refractivity (Wildman–Crippen MR) is 60.6 cm³/mol. The Morgan fingerprint density at radius 1 is 1.40 bits per heavy atom. The molecule has 0 saturated carbocycles. The Balaban J connectivity index is 4.19. The number of likely N-dealkylation sites (N-methyl/N-ethyl adjacent to an activating group) is 1. The summed E-state index contributed by atoms with van der Waals surface area (Å²) in [6.07, 6.45) is 2.19. The van der Waals surface area contributed by atoms with Crippen LogP contribution in [0.1, 0.15) is 33.6 Å². The molecule has 2 N–H and O–H groups in total. The van der Waals surface area contributed by atoms with Crippen molar-refractivity contribution < 1.29 is 9.59 Å². The average molecular weight is 214 g/mol. The van der Waals surface area contributed by atoms with Crippen molar-refractivity contribution in [3.63, 3.8) is 0 Å². The molecule has 15 heavy (non-hydrogen) atoms. The first-order valence-corrected chi connectivity index (χ1v) is 5.48. The van der Waals surface area contributed by atoms with Crippen LogP contribution < -0.4 is 10.6 Å². The molecule has 0 saturated heterocycles. The fourth-order valence-corrected chi connectivity index (χ4v) is 1.34. The third-order valence-corrected chi connectivity index (χ3v) is 2.30. The molecule has 0 radical (unpaired) electrons. The van der Waals surface area contributed by atoms with Crippen molar-refractivity contribution in [1.82, 2.24) is 10.6 Å². The van der Waals surface area contributed by atoms with Gasteiger partial charge in [-0.25, -0.2) is 0 Å². The van der Waals surface area contributed by atoms with Gasteiger partial charge in [0, 0.05) is 0 Å². The molecule has 0 aliphatic rings. The Bertz CT molecular complexity index is 205. The molecule has 0 aromatic carbocycles. The van der Waals surface area contributed by atoms with Gasteiger partial charge < -0.3 is 15.4 Å². The highest BCUT2D eigenvalue weighted by Crippen LogP contribution is 2.04. The van der Waals surface area contributed by atoms with Crippen molar-refractivity contribution >= 4 is 12.2 Å². The van der Waals surface area contributed by atoms with Crippen LogP contribution in [0.4, 0.5) is 0 Å². The number of aldehydes is 1. The Kier molecular flexibility index (Phi) is 6.96. The Morgan fingerprint density at radius 2 is 2.00 bits per heavy atom. The molecule has 0 aromatic rings. The van der Waals surface area contributed by atoms with E-state index in [2.05, 4.69) is 24.5 Å². The number of nitrogens with one attached hydrogen (secondary N) is 2. The average Bonchev–Trinajstić information content (AvgIpc) is 2.21. The van der Waals surface area contributed by atoms with Crippen molar-refractivity contribution in [2.24, 2.45) is 5.92 Å². The smallest absolute Gasteiger partial charge is 0.237 e. The van der Waals surface area contributed by atoms with Gasteiger partial charge in [0.2, 0.25) is 5.91 Å². The number of carbonyl (C=O) groups excluding carboxylic acids is 2. The topological polar surface area (TPSA) is 58.2 Å². The van der Waals surface area contributed by atoms with Gasteiger partial charge in [0.15, 0.2) is 0 Å². The molecule has 0 aliphatic carbocycles. The summed E-state index contributed by atoms with van der Waals surface area (Å²) < 4.78 is 0. The molecule has 0 aromatic heterocycles. The maximum absolute atomic E-state index is 11.7. The number of hydrogen-bond donors (Lipinski definition) is 2. The molecular formula is C11H22N2O2. The first-order valence-electron chi connectivity index (χ1n) is 5.48. The van der Waals surface area contributed by atoms with E-state index in [0.29, 0.717) is 12.3 Å². The number of rotatable bonds is 7. The molecule has 88 valence electrons. The summed E-state index contributed by atoms with van der Waals surface area (Å²) in [5.74, 6) is 0.356. The van der Waals surface area contributed by atoms with Crippen LogP contribution in [0.2, 0.25) is 0 Å². The Morgan fingerprint density at radius 3 is 2.33 bits per heavy atom. The molecule has 4 heteroatoms. The molecule has 0 bridgehead atoms. The molecular weight excluding hydrogens is 192 g/mol. The molecule has 2 unspecified atom stereocenters. The maximum atomic E-state index is 11.7. The van der Waals surface area contributed by atoms with Crippen LogP contribution in [0.5, 0.6) is 0 Å². The van der Waals surface area contributed by atoms with Gasteiger partial charge in [0.05, 0.1) is 12.1 Å². The molecule has 2 atom stereocenters. The van der Waals surface area contributed by atoms with E-state index in [9.17, 15) is 9.59 Å².